The van der Waals surface area contributed by atoms with Crippen LogP contribution in [-0.2, 0) is 0 Å². The molecule has 0 saturated heterocycles. The lowest BCUT2D eigenvalue weighted by atomic mass is 10.1. The molecule has 4 heteroatoms. The number of aromatic nitrogens is 1. The number of benzene rings is 1. The number of hydrogen-bond donors (Lipinski definition) is 1. The molecule has 21 heavy (non-hydrogen) atoms. The Labute approximate surface area is 137 Å². The monoisotopic (exact) mass is 360 g/mol. The van der Waals surface area contributed by atoms with E-state index in [0.717, 1.165) is 9.99 Å². The van der Waals surface area contributed by atoms with E-state index in [9.17, 15) is 0 Å². The van der Waals surface area contributed by atoms with Crippen molar-refractivity contribution in [1.82, 2.24) is 10.3 Å². The SMILES string of the molecule is CC(N[C@@H](C)c1ccccc1Br)c1cnc2ccsc2c1. The summed E-state index contributed by atoms with van der Waals surface area (Å²) in [5, 5.41) is 5.73. The molecule has 0 aliphatic heterocycles. The van der Waals surface area contributed by atoms with Gasteiger partial charge in [0, 0.05) is 22.8 Å². The number of nitrogens with zero attached hydrogens (tertiary/aromatic N) is 1. The number of thiophene rings is 1. The Hall–Kier alpha value is -1.23. The summed E-state index contributed by atoms with van der Waals surface area (Å²) in [5.41, 5.74) is 3.58. The van der Waals surface area contributed by atoms with Gasteiger partial charge in [-0.2, -0.15) is 0 Å². The molecule has 0 radical (unpaired) electrons. The number of fused-ring (bicyclic) bond motifs is 1. The van der Waals surface area contributed by atoms with Gasteiger partial charge in [-0.05, 0) is 48.6 Å². The number of halogens is 1. The predicted molar refractivity (Wildman–Crippen MR) is 93.7 cm³/mol. The molecule has 0 aliphatic carbocycles. The Balaban J connectivity index is 1.79. The quantitative estimate of drug-likeness (QED) is 0.666. The Kier molecular flexibility index (Phi) is 4.38. The first-order valence-corrected chi connectivity index (χ1v) is 8.66. The fourth-order valence-corrected chi connectivity index (χ4v) is 3.90. The van der Waals surface area contributed by atoms with E-state index in [1.807, 2.05) is 12.3 Å². The third kappa shape index (κ3) is 3.18. The zero-order chi connectivity index (χ0) is 14.8. The zero-order valence-corrected chi connectivity index (χ0v) is 14.4. The van der Waals surface area contributed by atoms with Crippen LogP contribution in [0.5, 0.6) is 0 Å². The molecule has 108 valence electrons. The number of rotatable bonds is 4. The van der Waals surface area contributed by atoms with Gasteiger partial charge in [0.05, 0.1) is 10.2 Å². The molecule has 1 N–H and O–H groups in total. The van der Waals surface area contributed by atoms with Crippen molar-refractivity contribution in [1.29, 1.82) is 0 Å². The third-order valence-corrected chi connectivity index (χ3v) is 5.27. The summed E-state index contributed by atoms with van der Waals surface area (Å²) in [6, 6.07) is 13.2. The Morgan fingerprint density at radius 3 is 2.76 bits per heavy atom. The van der Waals surface area contributed by atoms with Crippen molar-refractivity contribution in [2.24, 2.45) is 0 Å². The van der Waals surface area contributed by atoms with Crippen LogP contribution < -0.4 is 5.32 Å². The standard InChI is InChI=1S/C17H17BrN2S/c1-11(13-9-17-16(19-10-13)7-8-21-17)20-12(2)14-5-3-4-6-15(14)18/h3-12,20H,1-2H3/t11?,12-/m0/s1. The molecule has 1 unspecified atom stereocenters. The van der Waals surface area contributed by atoms with Gasteiger partial charge in [0.1, 0.15) is 0 Å². The van der Waals surface area contributed by atoms with Gasteiger partial charge in [-0.3, -0.25) is 4.98 Å². The minimum atomic E-state index is 0.256. The lowest BCUT2D eigenvalue weighted by Crippen LogP contribution is -2.22. The van der Waals surface area contributed by atoms with Crippen LogP contribution in [0.25, 0.3) is 10.2 Å². The minimum Gasteiger partial charge on any atom is -0.304 e. The number of hydrogen-bond acceptors (Lipinski definition) is 3. The summed E-state index contributed by atoms with van der Waals surface area (Å²) < 4.78 is 2.39. The van der Waals surface area contributed by atoms with Crippen molar-refractivity contribution in [2.75, 3.05) is 0 Å². The van der Waals surface area contributed by atoms with Gasteiger partial charge in [-0.1, -0.05) is 34.1 Å². The van der Waals surface area contributed by atoms with Gasteiger partial charge in [0.2, 0.25) is 0 Å². The van der Waals surface area contributed by atoms with Gasteiger partial charge >= 0.3 is 0 Å². The summed E-state index contributed by atoms with van der Waals surface area (Å²) in [4.78, 5) is 4.52. The largest absolute Gasteiger partial charge is 0.304 e. The van der Waals surface area contributed by atoms with E-state index >= 15 is 0 Å². The lowest BCUT2D eigenvalue weighted by molar-refractivity contribution is 0.493. The summed E-state index contributed by atoms with van der Waals surface area (Å²) >= 11 is 5.36. The zero-order valence-electron chi connectivity index (χ0n) is 12.0. The predicted octanol–water partition coefficient (Wildman–Crippen LogP) is 5.47. The molecule has 0 spiro atoms. The molecule has 0 amide bonds. The van der Waals surface area contributed by atoms with E-state index in [0.29, 0.717) is 0 Å². The second-order valence-electron chi connectivity index (χ2n) is 5.20. The van der Waals surface area contributed by atoms with Crippen LogP contribution in [0.4, 0.5) is 0 Å². The van der Waals surface area contributed by atoms with E-state index in [1.165, 1.54) is 15.8 Å². The van der Waals surface area contributed by atoms with Crippen molar-refractivity contribution >= 4 is 37.5 Å². The highest BCUT2D eigenvalue weighted by Gasteiger charge is 2.14. The first-order valence-electron chi connectivity index (χ1n) is 6.99. The lowest BCUT2D eigenvalue weighted by Gasteiger charge is -2.21. The fraction of sp³-hybridized carbons (Fsp3) is 0.235. The molecule has 2 nitrogen and oxygen atoms in total. The average Bonchev–Trinajstić information content (AvgIpc) is 2.94. The molecular weight excluding hydrogens is 344 g/mol. The van der Waals surface area contributed by atoms with Crippen LogP contribution >= 0.6 is 27.3 Å². The molecule has 1 aromatic carbocycles. The highest BCUT2D eigenvalue weighted by atomic mass is 79.9. The van der Waals surface area contributed by atoms with Gasteiger partial charge < -0.3 is 5.32 Å². The summed E-state index contributed by atoms with van der Waals surface area (Å²) in [5.74, 6) is 0. The van der Waals surface area contributed by atoms with Crippen LogP contribution in [0.1, 0.15) is 37.1 Å². The van der Waals surface area contributed by atoms with Gasteiger partial charge in [0.25, 0.3) is 0 Å². The van der Waals surface area contributed by atoms with Crippen molar-refractivity contribution in [3.63, 3.8) is 0 Å². The van der Waals surface area contributed by atoms with Crippen molar-refractivity contribution in [3.05, 3.63) is 63.6 Å². The maximum Gasteiger partial charge on any atom is 0.0809 e. The smallest absolute Gasteiger partial charge is 0.0809 e. The Bertz CT molecular complexity index is 753. The maximum atomic E-state index is 4.52. The van der Waals surface area contributed by atoms with Crippen molar-refractivity contribution in [2.45, 2.75) is 25.9 Å². The van der Waals surface area contributed by atoms with Crippen LogP contribution in [0.3, 0.4) is 0 Å². The van der Waals surface area contributed by atoms with Gasteiger partial charge in [-0.15, -0.1) is 11.3 Å². The van der Waals surface area contributed by atoms with Crippen LogP contribution in [0, 0.1) is 0 Å². The van der Waals surface area contributed by atoms with E-state index in [4.69, 9.17) is 0 Å². The molecule has 2 atom stereocenters. The number of nitrogens with one attached hydrogen (secondary N) is 1. The third-order valence-electron chi connectivity index (χ3n) is 3.70. The molecule has 0 bridgehead atoms. The van der Waals surface area contributed by atoms with Crippen LogP contribution in [-0.4, -0.2) is 4.98 Å². The molecule has 2 aromatic heterocycles. The summed E-state index contributed by atoms with van der Waals surface area (Å²) in [6.45, 7) is 4.37. The Morgan fingerprint density at radius 1 is 1.14 bits per heavy atom. The molecule has 0 aliphatic rings. The highest BCUT2D eigenvalue weighted by Crippen LogP contribution is 2.27. The Morgan fingerprint density at radius 2 is 1.95 bits per heavy atom. The van der Waals surface area contributed by atoms with E-state index in [-0.39, 0.29) is 12.1 Å². The first-order chi connectivity index (χ1) is 10.1. The second kappa shape index (κ2) is 6.26. The summed E-state index contributed by atoms with van der Waals surface area (Å²) in [6.07, 6.45) is 1.97. The molecule has 0 saturated carbocycles. The highest BCUT2D eigenvalue weighted by molar-refractivity contribution is 9.10. The number of pyridine rings is 1. The van der Waals surface area contributed by atoms with Crippen LogP contribution in [0.15, 0.2) is 52.4 Å². The molecule has 0 fully saturated rings. The summed E-state index contributed by atoms with van der Waals surface area (Å²) in [7, 11) is 0. The van der Waals surface area contributed by atoms with Crippen molar-refractivity contribution < 1.29 is 0 Å². The van der Waals surface area contributed by atoms with Crippen LogP contribution in [0.2, 0.25) is 0 Å². The van der Waals surface area contributed by atoms with Crippen molar-refractivity contribution in [3.8, 4) is 0 Å². The van der Waals surface area contributed by atoms with E-state index < -0.39 is 0 Å². The molecule has 3 rings (SSSR count). The van der Waals surface area contributed by atoms with Gasteiger partial charge in [0.15, 0.2) is 0 Å². The fourth-order valence-electron chi connectivity index (χ4n) is 2.49. The molecular formula is C17H17BrN2S. The normalized spacial score (nSPS) is 14.2. The first kappa shape index (κ1) is 14.7. The second-order valence-corrected chi connectivity index (χ2v) is 7.01. The topological polar surface area (TPSA) is 24.9 Å². The van der Waals surface area contributed by atoms with E-state index in [1.54, 1.807) is 11.3 Å². The molecule has 3 aromatic rings. The molecule has 2 heterocycles. The minimum absolute atomic E-state index is 0.256. The van der Waals surface area contributed by atoms with Gasteiger partial charge in [-0.25, -0.2) is 0 Å². The average molecular weight is 361 g/mol. The maximum absolute atomic E-state index is 4.52. The van der Waals surface area contributed by atoms with E-state index in [2.05, 4.69) is 75.8 Å².